The van der Waals surface area contributed by atoms with Crippen molar-refractivity contribution in [1.82, 2.24) is 0 Å². The first kappa shape index (κ1) is 15.2. The van der Waals surface area contributed by atoms with Crippen molar-refractivity contribution in [2.75, 3.05) is 13.7 Å². The van der Waals surface area contributed by atoms with Crippen LogP contribution in [0.15, 0.2) is 22.1 Å². The number of aliphatic imine (C=N–C) groups is 2. The highest BCUT2D eigenvalue weighted by Crippen LogP contribution is 2.36. The fraction of sp³-hybridized carbons (Fsp3) is 0.308. The Labute approximate surface area is 116 Å². The van der Waals surface area contributed by atoms with Gasteiger partial charge in [0.25, 0.3) is 0 Å². The number of hydrogen-bond acceptors (Lipinski definition) is 5. The van der Waals surface area contributed by atoms with Crippen LogP contribution < -0.4 is 9.47 Å². The van der Waals surface area contributed by atoms with E-state index in [-0.39, 0.29) is 10.9 Å². The first-order valence-corrected chi connectivity index (χ1v) is 5.99. The van der Waals surface area contributed by atoms with Crippen molar-refractivity contribution in [3.8, 4) is 11.5 Å². The minimum atomic E-state index is -0.448. The molecule has 0 aliphatic rings. The van der Waals surface area contributed by atoms with Crippen LogP contribution in [0.25, 0.3) is 0 Å². The molecule has 0 saturated carbocycles. The lowest BCUT2D eigenvalue weighted by atomic mass is 10.1. The minimum Gasteiger partial charge on any atom is -0.490 e. The molecular formula is C13H15ClN2O3. The molecular weight excluding hydrogens is 268 g/mol. The monoisotopic (exact) mass is 282 g/mol. The smallest absolute Gasteiger partial charge is 0.308 e. The predicted octanol–water partition coefficient (Wildman–Crippen LogP) is 2.96. The lowest BCUT2D eigenvalue weighted by Crippen LogP contribution is -2.05. The van der Waals surface area contributed by atoms with Gasteiger partial charge < -0.3 is 9.47 Å². The molecule has 1 rings (SSSR count). The predicted molar refractivity (Wildman–Crippen MR) is 76.4 cm³/mol. The van der Waals surface area contributed by atoms with E-state index < -0.39 is 5.97 Å². The lowest BCUT2D eigenvalue weighted by Gasteiger charge is -2.13. The van der Waals surface area contributed by atoms with Gasteiger partial charge >= 0.3 is 5.97 Å². The van der Waals surface area contributed by atoms with Crippen LogP contribution in [0.5, 0.6) is 11.5 Å². The average Bonchev–Trinajstić information content (AvgIpc) is 2.38. The maximum Gasteiger partial charge on any atom is 0.308 e. The van der Waals surface area contributed by atoms with E-state index in [1.165, 1.54) is 6.92 Å². The molecule has 0 spiro atoms. The number of ether oxygens (including phenoxy) is 2. The van der Waals surface area contributed by atoms with Crippen molar-refractivity contribution >= 4 is 35.1 Å². The molecule has 0 aliphatic carbocycles. The third-order valence-corrected chi connectivity index (χ3v) is 2.58. The zero-order valence-electron chi connectivity index (χ0n) is 11.1. The summed E-state index contributed by atoms with van der Waals surface area (Å²) in [6.07, 6.45) is 0. The van der Waals surface area contributed by atoms with Crippen molar-refractivity contribution in [1.29, 1.82) is 0 Å². The van der Waals surface area contributed by atoms with Crippen molar-refractivity contribution in [2.24, 2.45) is 9.98 Å². The summed E-state index contributed by atoms with van der Waals surface area (Å²) < 4.78 is 10.5. The number of carbonyl (C=O) groups is 1. The van der Waals surface area contributed by atoms with Crippen LogP contribution in [0, 0.1) is 0 Å². The third kappa shape index (κ3) is 3.79. The molecule has 0 heterocycles. The van der Waals surface area contributed by atoms with Crippen LogP contribution in [-0.4, -0.2) is 31.5 Å². The standard InChI is InChI=1S/C13H15ClN2O3/c1-5-18-11-7-10(15-3)9(13(14)16-4)6-12(11)19-8(2)17/h6-7H,3,5H2,1-2,4H3/b16-13+. The number of nitrogens with zero attached hydrogens (tertiary/aromatic N) is 2. The van der Waals surface area contributed by atoms with Gasteiger partial charge in [-0.2, -0.15) is 0 Å². The second kappa shape index (κ2) is 6.89. The van der Waals surface area contributed by atoms with Crippen LogP contribution in [-0.2, 0) is 4.79 Å². The maximum atomic E-state index is 11.1. The highest BCUT2D eigenvalue weighted by molar-refractivity contribution is 6.70. The van der Waals surface area contributed by atoms with Crippen LogP contribution in [0.1, 0.15) is 19.4 Å². The van der Waals surface area contributed by atoms with E-state index in [2.05, 4.69) is 16.7 Å². The third-order valence-electron chi connectivity index (χ3n) is 2.20. The van der Waals surface area contributed by atoms with Crippen molar-refractivity contribution in [3.63, 3.8) is 0 Å². The normalized spacial score (nSPS) is 11.1. The number of hydrogen-bond donors (Lipinski definition) is 0. The Bertz CT molecular complexity index is 527. The molecule has 0 aromatic heterocycles. The molecule has 0 radical (unpaired) electrons. The highest BCUT2D eigenvalue weighted by Gasteiger charge is 2.15. The van der Waals surface area contributed by atoms with Crippen LogP contribution in [0.4, 0.5) is 5.69 Å². The van der Waals surface area contributed by atoms with Crippen molar-refractivity contribution in [2.45, 2.75) is 13.8 Å². The summed E-state index contributed by atoms with van der Waals surface area (Å²) in [5, 5.41) is 0.249. The Kier molecular flexibility index (Phi) is 5.51. The molecule has 0 atom stereocenters. The van der Waals surface area contributed by atoms with Crippen LogP contribution in [0.2, 0.25) is 0 Å². The van der Waals surface area contributed by atoms with Gasteiger partial charge in [0.05, 0.1) is 12.3 Å². The molecule has 1 aromatic carbocycles. The summed E-state index contributed by atoms with van der Waals surface area (Å²) in [5.41, 5.74) is 1.04. The molecule has 19 heavy (non-hydrogen) atoms. The van der Waals surface area contributed by atoms with E-state index in [9.17, 15) is 4.79 Å². The molecule has 0 unspecified atom stereocenters. The Balaban J connectivity index is 3.41. The topological polar surface area (TPSA) is 60.2 Å². The summed E-state index contributed by atoms with van der Waals surface area (Å²) in [5.74, 6) is 0.235. The molecule has 0 amide bonds. The Morgan fingerprint density at radius 2 is 2.11 bits per heavy atom. The number of esters is 1. The fourth-order valence-corrected chi connectivity index (χ4v) is 1.62. The molecule has 0 bridgehead atoms. The average molecular weight is 283 g/mol. The second-order valence-corrected chi connectivity index (χ2v) is 3.87. The van der Waals surface area contributed by atoms with Crippen molar-refractivity contribution in [3.05, 3.63) is 17.7 Å². The van der Waals surface area contributed by atoms with Gasteiger partial charge in [-0.25, -0.2) is 0 Å². The molecule has 0 saturated heterocycles. The van der Waals surface area contributed by atoms with Crippen LogP contribution in [0.3, 0.4) is 0 Å². The van der Waals surface area contributed by atoms with Crippen molar-refractivity contribution < 1.29 is 14.3 Å². The summed E-state index contributed by atoms with van der Waals surface area (Å²) in [7, 11) is 1.55. The number of benzene rings is 1. The highest BCUT2D eigenvalue weighted by atomic mass is 35.5. The van der Waals surface area contributed by atoms with Gasteiger partial charge in [0, 0.05) is 25.6 Å². The van der Waals surface area contributed by atoms with E-state index in [0.717, 1.165) is 0 Å². The quantitative estimate of drug-likeness (QED) is 0.474. The van der Waals surface area contributed by atoms with E-state index in [4.69, 9.17) is 21.1 Å². The van der Waals surface area contributed by atoms with Gasteiger partial charge in [0.1, 0.15) is 5.17 Å². The SMILES string of the molecule is C=Nc1cc(OCC)c(OC(C)=O)cc1/C(Cl)=N\C. The van der Waals surface area contributed by atoms with Gasteiger partial charge in [-0.15, -0.1) is 0 Å². The number of halogens is 1. The fourth-order valence-electron chi connectivity index (χ4n) is 1.47. The Morgan fingerprint density at radius 3 is 2.58 bits per heavy atom. The van der Waals surface area contributed by atoms with Gasteiger partial charge in [0.15, 0.2) is 11.5 Å². The van der Waals surface area contributed by atoms with E-state index in [1.54, 1.807) is 19.2 Å². The molecule has 5 nitrogen and oxygen atoms in total. The lowest BCUT2D eigenvalue weighted by molar-refractivity contribution is -0.132. The second-order valence-electron chi connectivity index (χ2n) is 3.52. The summed E-state index contributed by atoms with van der Waals surface area (Å²) in [6, 6.07) is 3.17. The number of rotatable bonds is 5. The number of carbonyl (C=O) groups excluding carboxylic acids is 1. The van der Waals surface area contributed by atoms with E-state index in [0.29, 0.717) is 23.6 Å². The largest absolute Gasteiger partial charge is 0.490 e. The van der Waals surface area contributed by atoms with Gasteiger partial charge in [-0.3, -0.25) is 14.8 Å². The molecule has 102 valence electrons. The summed E-state index contributed by atoms with van der Waals surface area (Å²) in [6.45, 7) is 7.04. The van der Waals surface area contributed by atoms with Gasteiger partial charge in [-0.1, -0.05) is 11.6 Å². The molecule has 0 N–H and O–H groups in total. The van der Waals surface area contributed by atoms with Gasteiger partial charge in [-0.05, 0) is 19.7 Å². The molecule has 0 aliphatic heterocycles. The molecule has 1 aromatic rings. The zero-order chi connectivity index (χ0) is 14.4. The molecule has 0 fully saturated rings. The van der Waals surface area contributed by atoms with E-state index in [1.807, 2.05) is 6.92 Å². The summed E-state index contributed by atoms with van der Waals surface area (Å²) in [4.78, 5) is 18.8. The summed E-state index contributed by atoms with van der Waals surface area (Å²) >= 11 is 5.99. The maximum absolute atomic E-state index is 11.1. The Hall–Kier alpha value is -1.88. The molecule has 6 heteroatoms. The minimum absolute atomic E-state index is 0.249. The Morgan fingerprint density at radius 1 is 1.42 bits per heavy atom. The zero-order valence-corrected chi connectivity index (χ0v) is 11.8. The van der Waals surface area contributed by atoms with Gasteiger partial charge in [0.2, 0.25) is 0 Å². The first-order chi connectivity index (χ1) is 9.03. The van der Waals surface area contributed by atoms with E-state index >= 15 is 0 Å². The van der Waals surface area contributed by atoms with Crippen LogP contribution >= 0.6 is 11.6 Å². The first-order valence-electron chi connectivity index (χ1n) is 5.62.